The number of benzene rings is 3. The summed E-state index contributed by atoms with van der Waals surface area (Å²) in [6.45, 7) is 3.93. The number of aromatic nitrogens is 2. The van der Waals surface area contributed by atoms with Gasteiger partial charge in [0.2, 0.25) is 0 Å². The number of fused-ring (bicyclic) bond motifs is 1. The van der Waals surface area contributed by atoms with Crippen LogP contribution in [0.3, 0.4) is 0 Å². The van der Waals surface area contributed by atoms with Gasteiger partial charge in [-0.25, -0.2) is 9.37 Å². The Hall–Kier alpha value is -2.56. The number of hydrogen-bond donors (Lipinski definition) is 0. The van der Waals surface area contributed by atoms with Gasteiger partial charge in [-0.05, 0) is 62.2 Å². The van der Waals surface area contributed by atoms with Gasteiger partial charge in [0.1, 0.15) is 18.2 Å². The minimum atomic E-state index is -0.349. The zero-order valence-corrected chi connectivity index (χ0v) is 24.3. The molecule has 0 fully saturated rings. The predicted molar refractivity (Wildman–Crippen MR) is 150 cm³/mol. The van der Waals surface area contributed by atoms with E-state index in [2.05, 4.69) is 57.9 Å². The SMILES string of the molecule is COc1cc(C=Nn2c(C(C)C)nc3ccc(Br)cc3c2=O)c(Br)c(Br)c1OCc1ccccc1F. The molecule has 0 spiro atoms. The molecule has 3 aromatic carbocycles. The maximum atomic E-state index is 14.0. The van der Waals surface area contributed by atoms with Crippen LogP contribution in [0.4, 0.5) is 4.39 Å². The lowest BCUT2D eigenvalue weighted by atomic mass is 10.2. The maximum absolute atomic E-state index is 14.0. The van der Waals surface area contributed by atoms with Crippen LogP contribution in [0.2, 0.25) is 0 Å². The molecule has 4 rings (SSSR count). The van der Waals surface area contributed by atoms with Crippen molar-refractivity contribution in [3.8, 4) is 11.5 Å². The second kappa shape index (κ2) is 11.2. The normalized spacial score (nSPS) is 11.6. The van der Waals surface area contributed by atoms with Crippen molar-refractivity contribution in [1.82, 2.24) is 9.66 Å². The largest absolute Gasteiger partial charge is 0.493 e. The molecule has 6 nitrogen and oxygen atoms in total. The summed E-state index contributed by atoms with van der Waals surface area (Å²) < 4.78 is 28.8. The second-order valence-corrected chi connectivity index (χ2v) is 10.7. The first-order chi connectivity index (χ1) is 17.2. The molecule has 186 valence electrons. The van der Waals surface area contributed by atoms with Gasteiger partial charge >= 0.3 is 0 Å². The third-order valence-electron chi connectivity index (χ3n) is 5.37. The van der Waals surface area contributed by atoms with Gasteiger partial charge in [0.15, 0.2) is 11.5 Å². The molecular formula is C26H21Br3FN3O3. The molecule has 0 saturated carbocycles. The third-order valence-corrected chi connectivity index (χ3v) is 8.00. The summed E-state index contributed by atoms with van der Waals surface area (Å²) in [7, 11) is 1.51. The first kappa shape index (κ1) is 26.5. The number of methoxy groups -OCH3 is 1. The summed E-state index contributed by atoms with van der Waals surface area (Å²) in [6, 6.07) is 13.5. The lowest BCUT2D eigenvalue weighted by Gasteiger charge is -2.16. The topological polar surface area (TPSA) is 65.7 Å². The Morgan fingerprint density at radius 3 is 2.56 bits per heavy atom. The summed E-state index contributed by atoms with van der Waals surface area (Å²) in [4.78, 5) is 18.0. The first-order valence-electron chi connectivity index (χ1n) is 10.9. The average molecular weight is 682 g/mol. The average Bonchev–Trinajstić information content (AvgIpc) is 2.86. The van der Waals surface area contributed by atoms with Gasteiger partial charge in [0.25, 0.3) is 5.56 Å². The molecule has 0 unspecified atom stereocenters. The molecule has 0 aliphatic rings. The fraction of sp³-hybridized carbons (Fsp3) is 0.192. The van der Waals surface area contributed by atoms with Crippen molar-refractivity contribution in [3.05, 3.63) is 95.1 Å². The fourth-order valence-corrected chi connectivity index (χ4v) is 4.82. The van der Waals surface area contributed by atoms with Crippen molar-refractivity contribution in [2.45, 2.75) is 26.4 Å². The molecule has 0 amide bonds. The molecule has 0 atom stereocenters. The standard InChI is InChI=1S/C26H21Br3FN3O3/c1-14(2)25-32-20-9-8-17(27)11-18(20)26(34)33(25)31-12-16-10-21(35-3)24(23(29)22(16)28)36-13-15-6-4-5-7-19(15)30/h4-12,14H,13H2,1-3H3. The van der Waals surface area contributed by atoms with Gasteiger partial charge in [0, 0.05) is 26.0 Å². The monoisotopic (exact) mass is 679 g/mol. The fourth-order valence-electron chi connectivity index (χ4n) is 3.52. The second-order valence-electron chi connectivity index (χ2n) is 8.15. The Morgan fingerprint density at radius 1 is 1.11 bits per heavy atom. The van der Waals surface area contributed by atoms with Crippen molar-refractivity contribution >= 4 is 64.9 Å². The summed E-state index contributed by atoms with van der Waals surface area (Å²) >= 11 is 10.5. The van der Waals surface area contributed by atoms with Gasteiger partial charge in [-0.2, -0.15) is 9.78 Å². The zero-order valence-electron chi connectivity index (χ0n) is 19.6. The van der Waals surface area contributed by atoms with Crippen LogP contribution in [-0.4, -0.2) is 23.0 Å². The van der Waals surface area contributed by atoms with E-state index in [1.54, 1.807) is 42.6 Å². The summed E-state index contributed by atoms with van der Waals surface area (Å²) in [6.07, 6.45) is 1.55. The number of hydrogen-bond acceptors (Lipinski definition) is 5. The minimum absolute atomic E-state index is 0.0208. The van der Waals surface area contributed by atoms with Gasteiger partial charge < -0.3 is 9.47 Å². The highest BCUT2D eigenvalue weighted by Gasteiger charge is 2.18. The van der Waals surface area contributed by atoms with E-state index >= 15 is 0 Å². The van der Waals surface area contributed by atoms with E-state index in [-0.39, 0.29) is 23.9 Å². The molecule has 0 aliphatic heterocycles. The van der Waals surface area contributed by atoms with Crippen molar-refractivity contribution in [2.24, 2.45) is 5.10 Å². The molecule has 10 heteroatoms. The maximum Gasteiger partial charge on any atom is 0.282 e. The Morgan fingerprint density at radius 2 is 1.86 bits per heavy atom. The minimum Gasteiger partial charge on any atom is -0.493 e. The molecule has 1 aromatic heterocycles. The van der Waals surface area contributed by atoms with E-state index < -0.39 is 0 Å². The van der Waals surface area contributed by atoms with Crippen LogP contribution in [-0.2, 0) is 6.61 Å². The number of halogens is 4. The van der Waals surface area contributed by atoms with Gasteiger partial charge in [-0.15, -0.1) is 0 Å². The Bertz CT molecular complexity index is 1540. The van der Waals surface area contributed by atoms with Crippen molar-refractivity contribution in [1.29, 1.82) is 0 Å². The highest BCUT2D eigenvalue weighted by atomic mass is 79.9. The first-order valence-corrected chi connectivity index (χ1v) is 13.3. The van der Waals surface area contributed by atoms with Crippen molar-refractivity contribution < 1.29 is 13.9 Å². The Labute approximate surface area is 232 Å². The smallest absolute Gasteiger partial charge is 0.282 e. The molecule has 4 aromatic rings. The van der Waals surface area contributed by atoms with Crippen LogP contribution < -0.4 is 15.0 Å². The molecule has 0 radical (unpaired) electrons. The Balaban J connectivity index is 1.75. The van der Waals surface area contributed by atoms with Gasteiger partial charge in [-0.3, -0.25) is 4.79 Å². The summed E-state index contributed by atoms with van der Waals surface area (Å²) in [5, 5.41) is 4.95. The number of nitrogens with zero attached hydrogens (tertiary/aromatic N) is 3. The van der Waals surface area contributed by atoms with Crippen LogP contribution in [0, 0.1) is 5.82 Å². The van der Waals surface area contributed by atoms with E-state index in [0.29, 0.717) is 48.3 Å². The summed E-state index contributed by atoms with van der Waals surface area (Å²) in [5.74, 6) is 0.972. The predicted octanol–water partition coefficient (Wildman–Crippen LogP) is 7.42. The van der Waals surface area contributed by atoms with E-state index in [1.165, 1.54) is 17.9 Å². The molecule has 0 saturated heterocycles. The molecule has 1 heterocycles. The highest BCUT2D eigenvalue weighted by molar-refractivity contribution is 9.13. The molecule has 0 N–H and O–H groups in total. The lowest BCUT2D eigenvalue weighted by molar-refractivity contribution is 0.277. The van der Waals surface area contributed by atoms with Crippen LogP contribution in [0.15, 0.2) is 71.8 Å². The molecule has 36 heavy (non-hydrogen) atoms. The van der Waals surface area contributed by atoms with E-state index in [4.69, 9.17) is 9.47 Å². The molecule has 0 bridgehead atoms. The quantitative estimate of drug-likeness (QED) is 0.191. The van der Waals surface area contributed by atoms with Gasteiger partial charge in [-0.1, -0.05) is 48.0 Å². The number of rotatable bonds is 7. The van der Waals surface area contributed by atoms with Crippen LogP contribution in [0.5, 0.6) is 11.5 Å². The lowest BCUT2D eigenvalue weighted by Crippen LogP contribution is -2.23. The molecular weight excluding hydrogens is 661 g/mol. The van der Waals surface area contributed by atoms with E-state index in [1.807, 2.05) is 19.9 Å². The van der Waals surface area contributed by atoms with Gasteiger partial charge in [0.05, 0.1) is 28.7 Å². The van der Waals surface area contributed by atoms with E-state index in [9.17, 15) is 9.18 Å². The third kappa shape index (κ3) is 5.40. The van der Waals surface area contributed by atoms with Crippen molar-refractivity contribution in [2.75, 3.05) is 7.11 Å². The van der Waals surface area contributed by atoms with Crippen LogP contribution in [0.1, 0.15) is 36.7 Å². The number of ether oxygens (including phenoxy) is 2. The van der Waals surface area contributed by atoms with Crippen molar-refractivity contribution in [3.63, 3.8) is 0 Å². The molecule has 0 aliphatic carbocycles. The van der Waals surface area contributed by atoms with Crippen LogP contribution in [0.25, 0.3) is 10.9 Å². The highest BCUT2D eigenvalue weighted by Crippen LogP contribution is 2.42. The summed E-state index contributed by atoms with van der Waals surface area (Å²) in [5.41, 5.74) is 1.39. The van der Waals surface area contributed by atoms with Crippen LogP contribution >= 0.6 is 47.8 Å². The van der Waals surface area contributed by atoms with E-state index in [0.717, 1.165) is 4.47 Å². The zero-order chi connectivity index (χ0) is 26.0. The Kier molecular flexibility index (Phi) is 8.27.